The second-order valence-electron chi connectivity index (χ2n) is 7.14. The number of carbonyl (C=O) groups is 1. The number of nitrogens with zero attached hydrogens (tertiary/aromatic N) is 2. The van der Waals surface area contributed by atoms with Crippen LogP contribution in [0.3, 0.4) is 0 Å². The largest absolute Gasteiger partial charge is 0.360 e. The van der Waals surface area contributed by atoms with E-state index in [9.17, 15) is 23.7 Å². The number of nitro groups is 1. The first-order valence-corrected chi connectivity index (χ1v) is 9.41. The molecule has 1 atom stereocenters. The average molecular weight is 405 g/mol. The fourth-order valence-corrected chi connectivity index (χ4v) is 3.49. The Bertz CT molecular complexity index is 884. The first kappa shape index (κ1) is 20.7. The van der Waals surface area contributed by atoms with E-state index in [0.717, 1.165) is 42.8 Å². The number of halogens is 2. The molecule has 0 saturated carbocycles. The van der Waals surface area contributed by atoms with Crippen molar-refractivity contribution in [3.05, 3.63) is 69.8 Å². The highest BCUT2D eigenvalue weighted by molar-refractivity contribution is 5.77. The van der Waals surface area contributed by atoms with Gasteiger partial charge in [0.05, 0.1) is 37.1 Å². The molecule has 0 radical (unpaired) electrons. The molecule has 29 heavy (non-hydrogen) atoms. The molecule has 2 aromatic carbocycles. The van der Waals surface area contributed by atoms with Crippen molar-refractivity contribution >= 4 is 17.3 Å². The van der Waals surface area contributed by atoms with Crippen molar-refractivity contribution in [3.8, 4) is 0 Å². The summed E-state index contributed by atoms with van der Waals surface area (Å²) in [6, 6.07) is 9.19. The van der Waals surface area contributed by atoms with Crippen LogP contribution >= 0.6 is 0 Å². The summed E-state index contributed by atoms with van der Waals surface area (Å²) in [7, 11) is 0. The van der Waals surface area contributed by atoms with Gasteiger partial charge in [-0.15, -0.1) is 0 Å². The van der Waals surface area contributed by atoms with E-state index in [1.54, 1.807) is 19.1 Å². The molecule has 1 saturated heterocycles. The molecule has 9 heteroatoms. The Balaban J connectivity index is 1.48. The zero-order valence-corrected chi connectivity index (χ0v) is 16.0. The summed E-state index contributed by atoms with van der Waals surface area (Å²) in [4.78, 5) is 25.9. The van der Waals surface area contributed by atoms with Gasteiger partial charge in [-0.05, 0) is 25.1 Å². The maximum absolute atomic E-state index is 13.8. The summed E-state index contributed by atoms with van der Waals surface area (Å²) in [5.74, 6) is -1.53. The molecule has 2 aromatic rings. The van der Waals surface area contributed by atoms with E-state index in [1.165, 1.54) is 24.3 Å². The Morgan fingerprint density at radius 3 is 2.45 bits per heavy atom. The minimum Gasteiger partial charge on any atom is -0.360 e. The smallest absolute Gasteiger partial charge is 0.275 e. The SMILES string of the molecule is C[C@H](NC(=O)C[NH+]1CCN(c2ccc([N+](=O)[O-])cc2)CC1)c1ccc(F)cc1F. The number of piperazine rings is 1. The summed E-state index contributed by atoms with van der Waals surface area (Å²) in [5.41, 5.74) is 1.22. The number of nitro benzene ring substituents is 1. The van der Waals surface area contributed by atoms with E-state index in [1.807, 2.05) is 0 Å². The van der Waals surface area contributed by atoms with Gasteiger partial charge in [-0.1, -0.05) is 6.07 Å². The fourth-order valence-electron chi connectivity index (χ4n) is 3.49. The number of hydrogen-bond donors (Lipinski definition) is 2. The molecule has 1 amide bonds. The average Bonchev–Trinajstić information content (AvgIpc) is 2.68. The lowest BCUT2D eigenvalue weighted by atomic mass is 10.1. The van der Waals surface area contributed by atoms with Crippen LogP contribution in [0.25, 0.3) is 0 Å². The monoisotopic (exact) mass is 405 g/mol. The van der Waals surface area contributed by atoms with E-state index in [0.29, 0.717) is 0 Å². The lowest BCUT2D eigenvalue weighted by Gasteiger charge is -2.33. The molecular weight excluding hydrogens is 382 g/mol. The number of hydrogen-bond acceptors (Lipinski definition) is 4. The van der Waals surface area contributed by atoms with Crippen LogP contribution in [0.4, 0.5) is 20.2 Å². The van der Waals surface area contributed by atoms with E-state index >= 15 is 0 Å². The first-order valence-electron chi connectivity index (χ1n) is 9.41. The second kappa shape index (κ2) is 8.95. The summed E-state index contributed by atoms with van der Waals surface area (Å²) in [6.45, 7) is 4.86. The number of benzene rings is 2. The Morgan fingerprint density at radius 2 is 1.86 bits per heavy atom. The quantitative estimate of drug-likeness (QED) is 0.563. The third-order valence-corrected chi connectivity index (χ3v) is 5.11. The van der Waals surface area contributed by atoms with Gasteiger partial charge in [-0.3, -0.25) is 14.9 Å². The van der Waals surface area contributed by atoms with E-state index in [-0.39, 0.29) is 23.7 Å². The highest BCUT2D eigenvalue weighted by atomic mass is 19.1. The molecule has 0 aromatic heterocycles. The van der Waals surface area contributed by atoms with Crippen LogP contribution in [0.5, 0.6) is 0 Å². The van der Waals surface area contributed by atoms with Gasteiger partial charge in [-0.25, -0.2) is 8.78 Å². The highest BCUT2D eigenvalue weighted by Gasteiger charge is 2.24. The topological polar surface area (TPSA) is 79.9 Å². The predicted molar refractivity (Wildman–Crippen MR) is 104 cm³/mol. The maximum Gasteiger partial charge on any atom is 0.275 e. The van der Waals surface area contributed by atoms with Gasteiger partial charge in [0.15, 0.2) is 6.54 Å². The van der Waals surface area contributed by atoms with Gasteiger partial charge < -0.3 is 15.1 Å². The van der Waals surface area contributed by atoms with Crippen molar-refractivity contribution < 1.29 is 23.4 Å². The van der Waals surface area contributed by atoms with Crippen LogP contribution in [0.2, 0.25) is 0 Å². The number of nitrogens with one attached hydrogen (secondary N) is 2. The van der Waals surface area contributed by atoms with Gasteiger partial charge in [-0.2, -0.15) is 0 Å². The molecule has 0 unspecified atom stereocenters. The van der Waals surface area contributed by atoms with E-state index < -0.39 is 22.6 Å². The summed E-state index contributed by atoms with van der Waals surface area (Å²) in [6.07, 6.45) is 0. The van der Waals surface area contributed by atoms with Gasteiger partial charge in [0.25, 0.3) is 11.6 Å². The van der Waals surface area contributed by atoms with Crippen molar-refractivity contribution in [2.75, 3.05) is 37.6 Å². The summed E-state index contributed by atoms with van der Waals surface area (Å²) >= 11 is 0. The molecular formula is C20H23F2N4O3+. The van der Waals surface area contributed by atoms with Crippen molar-refractivity contribution in [2.24, 2.45) is 0 Å². The number of rotatable bonds is 6. The third kappa shape index (κ3) is 5.26. The van der Waals surface area contributed by atoms with Crippen molar-refractivity contribution in [1.82, 2.24) is 5.32 Å². The Labute approximate surface area is 167 Å². The number of non-ortho nitro benzene ring substituents is 1. The van der Waals surface area contributed by atoms with Gasteiger partial charge in [0.1, 0.15) is 11.6 Å². The summed E-state index contributed by atoms with van der Waals surface area (Å²) < 4.78 is 26.9. The Hall–Kier alpha value is -3.07. The number of amides is 1. The molecule has 0 bridgehead atoms. The minimum atomic E-state index is -0.679. The zero-order chi connectivity index (χ0) is 21.0. The lowest BCUT2D eigenvalue weighted by Crippen LogP contribution is -3.15. The molecule has 1 fully saturated rings. The molecule has 2 N–H and O–H groups in total. The van der Waals surface area contributed by atoms with Crippen molar-refractivity contribution in [2.45, 2.75) is 13.0 Å². The molecule has 0 aliphatic carbocycles. The Kier molecular flexibility index (Phi) is 6.38. The molecule has 1 aliphatic heterocycles. The fraction of sp³-hybridized carbons (Fsp3) is 0.350. The van der Waals surface area contributed by atoms with Crippen molar-refractivity contribution in [1.29, 1.82) is 0 Å². The molecule has 1 aliphatic rings. The summed E-state index contributed by atoms with van der Waals surface area (Å²) in [5, 5.41) is 13.5. The molecule has 154 valence electrons. The van der Waals surface area contributed by atoms with E-state index in [4.69, 9.17) is 0 Å². The molecule has 7 nitrogen and oxygen atoms in total. The second-order valence-corrected chi connectivity index (χ2v) is 7.14. The van der Waals surface area contributed by atoms with Crippen LogP contribution in [0.1, 0.15) is 18.5 Å². The van der Waals surface area contributed by atoms with Gasteiger partial charge in [0.2, 0.25) is 0 Å². The van der Waals surface area contributed by atoms with Crippen LogP contribution in [0.15, 0.2) is 42.5 Å². The zero-order valence-electron chi connectivity index (χ0n) is 16.0. The maximum atomic E-state index is 13.8. The number of carbonyl (C=O) groups excluding carboxylic acids is 1. The van der Waals surface area contributed by atoms with Gasteiger partial charge in [0, 0.05) is 29.4 Å². The highest BCUT2D eigenvalue weighted by Crippen LogP contribution is 2.19. The standard InChI is InChI=1S/C20H22F2N4O3/c1-14(18-7-2-15(21)12-19(18)22)23-20(27)13-24-8-10-25(11-9-24)16-3-5-17(6-4-16)26(28)29/h2-7,12,14H,8-11,13H2,1H3,(H,23,27)/p+1/t14-/m0/s1. The number of quaternary nitrogens is 1. The molecule has 0 spiro atoms. The predicted octanol–water partition coefficient (Wildman–Crippen LogP) is 1.46. The van der Waals surface area contributed by atoms with Crippen LogP contribution in [-0.4, -0.2) is 43.6 Å². The molecule has 3 rings (SSSR count). The first-order chi connectivity index (χ1) is 13.8. The number of anilines is 1. The van der Waals surface area contributed by atoms with Crippen molar-refractivity contribution in [3.63, 3.8) is 0 Å². The van der Waals surface area contributed by atoms with E-state index in [2.05, 4.69) is 10.2 Å². The Morgan fingerprint density at radius 1 is 1.21 bits per heavy atom. The van der Waals surface area contributed by atoms with Crippen LogP contribution in [-0.2, 0) is 4.79 Å². The lowest BCUT2D eigenvalue weighted by molar-refractivity contribution is -0.892. The van der Waals surface area contributed by atoms with Crippen LogP contribution in [0, 0.1) is 21.7 Å². The van der Waals surface area contributed by atoms with Crippen LogP contribution < -0.4 is 15.1 Å². The molecule has 1 heterocycles. The van der Waals surface area contributed by atoms with Gasteiger partial charge >= 0.3 is 0 Å². The normalized spacial score (nSPS) is 15.8. The third-order valence-electron chi connectivity index (χ3n) is 5.11. The minimum absolute atomic E-state index is 0.0568.